The molecule has 9 heteroatoms. The maximum atomic E-state index is 13.8. The van der Waals surface area contributed by atoms with Crippen molar-refractivity contribution in [2.24, 2.45) is 16.3 Å². The molecule has 2 amide bonds. The second-order valence-corrected chi connectivity index (χ2v) is 10.7. The molecular weight excluding hydrogens is 482 g/mol. The topological polar surface area (TPSA) is 110 Å². The second-order valence-electron chi connectivity index (χ2n) is 10.7. The van der Waals surface area contributed by atoms with Crippen molar-refractivity contribution in [1.29, 1.82) is 0 Å². The largest absolute Gasteiger partial charge is 0.493 e. The summed E-state index contributed by atoms with van der Waals surface area (Å²) in [7, 11) is 3.24. The van der Waals surface area contributed by atoms with Gasteiger partial charge in [-0.1, -0.05) is 18.9 Å². The van der Waals surface area contributed by atoms with Crippen LogP contribution in [0.5, 0.6) is 11.5 Å². The Morgan fingerprint density at radius 2 is 1.87 bits per heavy atom. The lowest BCUT2D eigenvalue weighted by molar-refractivity contribution is -0.147. The number of hydrogen-bond donors (Lipinski definition) is 1. The average molecular weight is 520 g/mol. The van der Waals surface area contributed by atoms with E-state index in [4.69, 9.17) is 20.3 Å². The maximum Gasteiger partial charge on any atom is 0.249 e. The minimum absolute atomic E-state index is 0.0472. The van der Waals surface area contributed by atoms with Gasteiger partial charge in [0.1, 0.15) is 0 Å². The maximum absolute atomic E-state index is 13.8. The van der Waals surface area contributed by atoms with Gasteiger partial charge in [0.25, 0.3) is 0 Å². The van der Waals surface area contributed by atoms with E-state index in [1.54, 1.807) is 31.6 Å². The minimum atomic E-state index is -0.608. The molecule has 1 spiro atoms. The zero-order valence-electron chi connectivity index (χ0n) is 22.3. The molecule has 1 atom stereocenters. The Bertz CT molecular complexity index is 1190. The van der Waals surface area contributed by atoms with Crippen LogP contribution in [0.15, 0.2) is 47.8 Å². The highest BCUT2D eigenvalue weighted by atomic mass is 16.5. The summed E-state index contributed by atoms with van der Waals surface area (Å²) in [4.78, 5) is 32.8. The van der Waals surface area contributed by atoms with E-state index >= 15 is 0 Å². The van der Waals surface area contributed by atoms with Gasteiger partial charge in [0.05, 0.1) is 37.4 Å². The quantitative estimate of drug-likeness (QED) is 0.602. The number of rotatable bonds is 7. The van der Waals surface area contributed by atoms with E-state index in [2.05, 4.69) is 4.98 Å². The van der Waals surface area contributed by atoms with E-state index in [-0.39, 0.29) is 17.9 Å². The highest BCUT2D eigenvalue weighted by Crippen LogP contribution is 2.47. The Hall–Kier alpha value is -3.46. The van der Waals surface area contributed by atoms with Gasteiger partial charge in [-0.2, -0.15) is 5.10 Å². The number of amides is 2. The Morgan fingerprint density at radius 1 is 1.13 bits per heavy atom. The van der Waals surface area contributed by atoms with E-state index in [1.165, 1.54) is 0 Å². The Morgan fingerprint density at radius 3 is 2.53 bits per heavy atom. The molecule has 2 aliphatic heterocycles. The molecule has 1 aromatic carbocycles. The number of carbonyl (C=O) groups excluding carboxylic acids is 2. The minimum Gasteiger partial charge on any atom is -0.493 e. The molecule has 5 rings (SSSR count). The van der Waals surface area contributed by atoms with Gasteiger partial charge in [-0.15, -0.1) is 0 Å². The third kappa shape index (κ3) is 5.12. The molecule has 0 radical (unpaired) electrons. The van der Waals surface area contributed by atoms with Crippen molar-refractivity contribution in [2.45, 2.75) is 63.5 Å². The van der Waals surface area contributed by atoms with Crippen molar-refractivity contribution < 1.29 is 19.1 Å². The van der Waals surface area contributed by atoms with Crippen molar-refractivity contribution in [1.82, 2.24) is 14.9 Å². The van der Waals surface area contributed by atoms with Gasteiger partial charge in [0.15, 0.2) is 11.5 Å². The molecule has 1 aliphatic carbocycles. The highest BCUT2D eigenvalue weighted by molar-refractivity contribution is 6.06. The summed E-state index contributed by atoms with van der Waals surface area (Å²) in [6, 6.07) is 8.94. The van der Waals surface area contributed by atoms with Gasteiger partial charge >= 0.3 is 0 Å². The zero-order valence-corrected chi connectivity index (χ0v) is 22.3. The number of hydrazone groups is 1. The van der Waals surface area contributed by atoms with Crippen molar-refractivity contribution in [2.75, 3.05) is 27.3 Å². The molecule has 2 N–H and O–H groups in total. The van der Waals surface area contributed by atoms with Gasteiger partial charge in [-0.25, -0.2) is 5.01 Å². The van der Waals surface area contributed by atoms with Crippen molar-refractivity contribution in [3.8, 4) is 11.5 Å². The molecule has 38 heavy (non-hydrogen) atoms. The van der Waals surface area contributed by atoms with Crippen molar-refractivity contribution >= 4 is 17.5 Å². The fourth-order valence-corrected chi connectivity index (χ4v) is 6.14. The van der Waals surface area contributed by atoms with Crippen LogP contribution in [0.2, 0.25) is 0 Å². The number of methoxy groups -OCH3 is 2. The summed E-state index contributed by atoms with van der Waals surface area (Å²) < 4.78 is 10.9. The van der Waals surface area contributed by atoms with E-state index in [0.717, 1.165) is 42.5 Å². The fourth-order valence-electron chi connectivity index (χ4n) is 6.14. The molecule has 3 aliphatic rings. The van der Waals surface area contributed by atoms with Crippen LogP contribution in [0.25, 0.3) is 0 Å². The predicted molar refractivity (Wildman–Crippen MR) is 144 cm³/mol. The summed E-state index contributed by atoms with van der Waals surface area (Å²) in [6.45, 7) is 1.12. The molecule has 3 heterocycles. The van der Waals surface area contributed by atoms with Crippen LogP contribution in [-0.2, 0) is 16.0 Å². The first-order valence-corrected chi connectivity index (χ1v) is 13.5. The van der Waals surface area contributed by atoms with Gasteiger partial charge < -0.3 is 20.1 Å². The molecule has 1 aromatic heterocycles. The summed E-state index contributed by atoms with van der Waals surface area (Å²) in [5.74, 6) is 1.39. The van der Waals surface area contributed by atoms with Crippen LogP contribution in [0.4, 0.5) is 0 Å². The molecular formula is C29H37N5O4. The third-order valence-electron chi connectivity index (χ3n) is 8.29. The third-order valence-corrected chi connectivity index (χ3v) is 8.29. The molecule has 0 bridgehead atoms. The Kier molecular flexibility index (Phi) is 7.65. The first-order chi connectivity index (χ1) is 18.4. The number of benzene rings is 1. The van der Waals surface area contributed by atoms with Gasteiger partial charge in [-0.3, -0.25) is 14.6 Å². The summed E-state index contributed by atoms with van der Waals surface area (Å²) in [5.41, 5.74) is 8.66. The second kappa shape index (κ2) is 11.1. The van der Waals surface area contributed by atoms with Crippen molar-refractivity contribution in [3.05, 3.63) is 53.9 Å². The van der Waals surface area contributed by atoms with E-state index < -0.39 is 11.5 Å². The summed E-state index contributed by atoms with van der Waals surface area (Å²) in [6.07, 6.45) is 9.78. The molecule has 1 saturated heterocycles. The number of aromatic nitrogens is 1. The van der Waals surface area contributed by atoms with Gasteiger partial charge in [0.2, 0.25) is 11.8 Å². The average Bonchev–Trinajstić information content (AvgIpc) is 3.43. The molecule has 2 aromatic rings. The monoisotopic (exact) mass is 519 g/mol. The number of nitrogens with zero attached hydrogens (tertiary/aromatic N) is 4. The van der Waals surface area contributed by atoms with Crippen LogP contribution in [0.1, 0.15) is 56.1 Å². The van der Waals surface area contributed by atoms with E-state index in [0.29, 0.717) is 50.3 Å². The number of hydrogen-bond acceptors (Lipinski definition) is 7. The molecule has 202 valence electrons. The number of nitrogens with two attached hydrogens (primary N) is 1. The molecule has 2 fully saturated rings. The van der Waals surface area contributed by atoms with E-state index in [1.807, 2.05) is 35.2 Å². The smallest absolute Gasteiger partial charge is 0.249 e. The number of pyridine rings is 1. The van der Waals surface area contributed by atoms with Crippen LogP contribution < -0.4 is 15.2 Å². The molecule has 1 unspecified atom stereocenters. The standard InChI is InChI=1S/C29H37N5O4/c1-37-25-8-7-21(17-26(25)38-2)24-18-29(11-3-4-12-29)28(36)34(32-24)22-9-14-33(15-10-22)27(35)23(30)16-20-6-5-13-31-19-20/h5-8,13,17,19,22-23H,3-4,9-12,14-16,18,30H2,1-2H3. The lowest BCUT2D eigenvalue weighted by Crippen LogP contribution is -2.55. The number of ether oxygens (including phenoxy) is 2. The predicted octanol–water partition coefficient (Wildman–Crippen LogP) is 3.16. The summed E-state index contributed by atoms with van der Waals surface area (Å²) in [5, 5.41) is 6.68. The Labute approximate surface area is 224 Å². The first kappa shape index (κ1) is 26.2. The number of likely N-dealkylation sites (tertiary alicyclic amines) is 1. The van der Waals surface area contributed by atoms with Crippen LogP contribution in [-0.4, -0.2) is 71.8 Å². The lowest BCUT2D eigenvalue weighted by Gasteiger charge is -2.43. The van der Waals surface area contributed by atoms with Gasteiger partial charge in [0, 0.05) is 37.5 Å². The summed E-state index contributed by atoms with van der Waals surface area (Å²) >= 11 is 0. The zero-order chi connectivity index (χ0) is 26.7. The van der Waals surface area contributed by atoms with Crippen molar-refractivity contribution in [3.63, 3.8) is 0 Å². The SMILES string of the molecule is COc1ccc(C2=NN(C3CCN(C(=O)C(N)Cc4cccnc4)CC3)C(=O)C3(CCCC3)C2)cc1OC. The lowest BCUT2D eigenvalue weighted by atomic mass is 9.77. The Balaban J connectivity index is 1.32. The van der Waals surface area contributed by atoms with Crippen LogP contribution in [0, 0.1) is 5.41 Å². The number of piperidine rings is 1. The van der Waals surface area contributed by atoms with E-state index in [9.17, 15) is 9.59 Å². The number of carbonyl (C=O) groups is 2. The van der Waals surface area contributed by atoms with Crippen LogP contribution in [0.3, 0.4) is 0 Å². The first-order valence-electron chi connectivity index (χ1n) is 13.5. The normalized spacial score (nSPS) is 20.4. The highest BCUT2D eigenvalue weighted by Gasteiger charge is 2.49. The molecule has 9 nitrogen and oxygen atoms in total. The molecule has 1 saturated carbocycles. The van der Waals surface area contributed by atoms with Crippen LogP contribution >= 0.6 is 0 Å². The fraction of sp³-hybridized carbons (Fsp3) is 0.517. The van der Waals surface area contributed by atoms with Gasteiger partial charge in [-0.05, 0) is 61.9 Å².